The van der Waals surface area contributed by atoms with Crippen molar-refractivity contribution in [2.24, 2.45) is 11.7 Å². The van der Waals surface area contributed by atoms with Crippen LogP contribution in [-0.4, -0.2) is 18.1 Å². The molecule has 0 heterocycles. The van der Waals surface area contributed by atoms with E-state index in [0.717, 1.165) is 38.5 Å². The molecule has 1 saturated carbocycles. The summed E-state index contributed by atoms with van der Waals surface area (Å²) in [4.78, 5) is 11.9. The maximum Gasteiger partial charge on any atom is 0.309 e. The fourth-order valence-electron chi connectivity index (χ4n) is 2.57. The lowest BCUT2D eigenvalue weighted by molar-refractivity contribution is -0.154. The predicted octanol–water partition coefficient (Wildman–Crippen LogP) is 3.41. The van der Waals surface area contributed by atoms with Crippen LogP contribution in [0.1, 0.15) is 71.6 Å². The molecule has 0 aromatic carbocycles. The first-order valence-corrected chi connectivity index (χ1v) is 7.59. The van der Waals surface area contributed by atoms with Crippen LogP contribution in [-0.2, 0) is 9.53 Å². The Balaban J connectivity index is 2.14. The van der Waals surface area contributed by atoms with Gasteiger partial charge >= 0.3 is 5.97 Å². The number of unbranched alkanes of at least 4 members (excludes halogenated alkanes) is 3. The van der Waals surface area contributed by atoms with Gasteiger partial charge in [0.15, 0.2) is 0 Å². The van der Waals surface area contributed by atoms with E-state index < -0.39 is 0 Å². The number of ether oxygens (including phenoxy) is 1. The molecule has 0 radical (unpaired) electrons. The molecule has 0 spiro atoms. The number of rotatable bonds is 7. The van der Waals surface area contributed by atoms with Gasteiger partial charge in [0, 0.05) is 6.04 Å². The summed E-state index contributed by atoms with van der Waals surface area (Å²) in [5.41, 5.74) is 5.84. The van der Waals surface area contributed by atoms with E-state index in [1.807, 2.05) is 6.92 Å². The highest BCUT2D eigenvalue weighted by Crippen LogP contribution is 2.25. The van der Waals surface area contributed by atoms with Crippen LogP contribution in [0.3, 0.4) is 0 Å². The smallest absolute Gasteiger partial charge is 0.309 e. The molecule has 0 saturated heterocycles. The average Bonchev–Trinajstić information content (AvgIpc) is 2.35. The topological polar surface area (TPSA) is 52.3 Å². The molecule has 1 rings (SSSR count). The van der Waals surface area contributed by atoms with Gasteiger partial charge in [0.2, 0.25) is 0 Å². The zero-order chi connectivity index (χ0) is 13.4. The summed E-state index contributed by atoms with van der Waals surface area (Å²) in [6.45, 7) is 4.22. The highest BCUT2D eigenvalue weighted by molar-refractivity contribution is 5.72. The molecule has 0 amide bonds. The second-order valence-corrected chi connectivity index (χ2v) is 5.71. The number of hydrogen-bond donors (Lipinski definition) is 1. The van der Waals surface area contributed by atoms with Crippen molar-refractivity contribution < 1.29 is 9.53 Å². The van der Waals surface area contributed by atoms with Crippen molar-refractivity contribution >= 4 is 5.97 Å². The standard InChI is InChI=1S/C15H29NO2/c1-3-4-5-6-7-12(2)18-15(17)13-8-10-14(16)11-9-13/h12-14H,3-11,16H2,1-2H3. The Kier molecular flexibility index (Phi) is 7.33. The van der Waals surface area contributed by atoms with Crippen LogP contribution < -0.4 is 5.73 Å². The molecule has 3 heteroatoms. The number of carbonyl (C=O) groups is 1. The number of esters is 1. The molecule has 3 nitrogen and oxygen atoms in total. The number of hydrogen-bond acceptors (Lipinski definition) is 3. The van der Waals surface area contributed by atoms with Crippen molar-refractivity contribution in [3.63, 3.8) is 0 Å². The first-order valence-electron chi connectivity index (χ1n) is 7.59. The van der Waals surface area contributed by atoms with Gasteiger partial charge in [-0.3, -0.25) is 4.79 Å². The van der Waals surface area contributed by atoms with Gasteiger partial charge in [-0.25, -0.2) is 0 Å². The van der Waals surface area contributed by atoms with E-state index in [0.29, 0.717) is 6.04 Å². The average molecular weight is 255 g/mol. The Labute approximate surface area is 111 Å². The van der Waals surface area contributed by atoms with Crippen LogP contribution in [0, 0.1) is 5.92 Å². The van der Waals surface area contributed by atoms with Crippen molar-refractivity contribution in [1.82, 2.24) is 0 Å². The monoisotopic (exact) mass is 255 g/mol. The molecule has 1 fully saturated rings. The Bertz CT molecular complexity index is 235. The van der Waals surface area contributed by atoms with Crippen LogP contribution in [0.5, 0.6) is 0 Å². The summed E-state index contributed by atoms with van der Waals surface area (Å²) < 4.78 is 5.53. The molecule has 0 aromatic rings. The second-order valence-electron chi connectivity index (χ2n) is 5.71. The lowest BCUT2D eigenvalue weighted by Gasteiger charge is -2.25. The van der Waals surface area contributed by atoms with Crippen LogP contribution in [0.2, 0.25) is 0 Å². The van der Waals surface area contributed by atoms with E-state index in [2.05, 4.69) is 6.92 Å². The maximum atomic E-state index is 11.9. The zero-order valence-electron chi connectivity index (χ0n) is 12.0. The van der Waals surface area contributed by atoms with Crippen LogP contribution >= 0.6 is 0 Å². The van der Waals surface area contributed by atoms with Crippen LogP contribution in [0.25, 0.3) is 0 Å². The van der Waals surface area contributed by atoms with Gasteiger partial charge in [0.05, 0.1) is 12.0 Å². The van der Waals surface area contributed by atoms with Gasteiger partial charge in [-0.15, -0.1) is 0 Å². The summed E-state index contributed by atoms with van der Waals surface area (Å²) in [5.74, 6) is 0.104. The van der Waals surface area contributed by atoms with E-state index >= 15 is 0 Å². The third kappa shape index (κ3) is 5.85. The Morgan fingerprint density at radius 2 is 1.89 bits per heavy atom. The quantitative estimate of drug-likeness (QED) is 0.560. The summed E-state index contributed by atoms with van der Waals surface area (Å²) in [6, 6.07) is 0.292. The molecule has 1 aliphatic rings. The lowest BCUT2D eigenvalue weighted by atomic mass is 9.86. The third-order valence-corrected chi connectivity index (χ3v) is 3.89. The fourth-order valence-corrected chi connectivity index (χ4v) is 2.57. The number of carbonyl (C=O) groups excluding carboxylic acids is 1. The van der Waals surface area contributed by atoms with Gasteiger partial charge in [-0.05, 0) is 45.4 Å². The van der Waals surface area contributed by atoms with Gasteiger partial charge < -0.3 is 10.5 Å². The summed E-state index contributed by atoms with van der Waals surface area (Å²) >= 11 is 0. The van der Waals surface area contributed by atoms with Gasteiger partial charge in [-0.1, -0.05) is 26.2 Å². The first-order chi connectivity index (χ1) is 8.63. The molecule has 1 atom stereocenters. The van der Waals surface area contributed by atoms with Crippen molar-refractivity contribution in [2.45, 2.75) is 83.8 Å². The highest BCUT2D eigenvalue weighted by Gasteiger charge is 2.26. The third-order valence-electron chi connectivity index (χ3n) is 3.89. The Morgan fingerprint density at radius 1 is 1.22 bits per heavy atom. The normalized spacial score (nSPS) is 25.7. The Morgan fingerprint density at radius 3 is 2.50 bits per heavy atom. The maximum absolute atomic E-state index is 11.9. The minimum atomic E-state index is 0.00453. The van der Waals surface area contributed by atoms with Crippen molar-refractivity contribution in [1.29, 1.82) is 0 Å². The second kappa shape index (κ2) is 8.52. The molecule has 1 unspecified atom stereocenters. The molecule has 18 heavy (non-hydrogen) atoms. The molecule has 0 aliphatic heterocycles. The van der Waals surface area contributed by atoms with Gasteiger partial charge in [0.25, 0.3) is 0 Å². The lowest BCUT2D eigenvalue weighted by Crippen LogP contribution is -2.31. The summed E-state index contributed by atoms with van der Waals surface area (Å²) in [7, 11) is 0. The molecular formula is C15H29NO2. The minimum absolute atomic E-state index is 0.00453. The van der Waals surface area contributed by atoms with Crippen molar-refractivity contribution in [2.75, 3.05) is 0 Å². The first kappa shape index (κ1) is 15.5. The van der Waals surface area contributed by atoms with Crippen LogP contribution in [0.4, 0.5) is 0 Å². The molecular weight excluding hydrogens is 226 g/mol. The SMILES string of the molecule is CCCCCCC(C)OC(=O)C1CCC(N)CC1. The van der Waals surface area contributed by atoms with E-state index in [9.17, 15) is 4.79 Å². The van der Waals surface area contributed by atoms with Crippen LogP contribution in [0.15, 0.2) is 0 Å². The minimum Gasteiger partial charge on any atom is -0.462 e. The van der Waals surface area contributed by atoms with E-state index in [1.165, 1.54) is 19.3 Å². The summed E-state index contributed by atoms with van der Waals surface area (Å²) in [5, 5.41) is 0. The van der Waals surface area contributed by atoms with Gasteiger partial charge in [0.1, 0.15) is 0 Å². The molecule has 0 aromatic heterocycles. The summed E-state index contributed by atoms with van der Waals surface area (Å²) in [6.07, 6.45) is 9.75. The molecule has 1 aliphatic carbocycles. The fraction of sp³-hybridized carbons (Fsp3) is 0.933. The Hall–Kier alpha value is -0.570. The molecule has 0 bridgehead atoms. The van der Waals surface area contributed by atoms with Crippen molar-refractivity contribution in [3.8, 4) is 0 Å². The molecule has 2 N–H and O–H groups in total. The van der Waals surface area contributed by atoms with E-state index in [-0.39, 0.29) is 18.0 Å². The van der Waals surface area contributed by atoms with Crippen molar-refractivity contribution in [3.05, 3.63) is 0 Å². The molecule has 106 valence electrons. The zero-order valence-corrected chi connectivity index (χ0v) is 12.0. The van der Waals surface area contributed by atoms with E-state index in [4.69, 9.17) is 10.5 Å². The highest BCUT2D eigenvalue weighted by atomic mass is 16.5. The van der Waals surface area contributed by atoms with E-state index in [1.54, 1.807) is 0 Å². The predicted molar refractivity (Wildman–Crippen MR) is 74.2 cm³/mol. The number of nitrogens with two attached hydrogens (primary N) is 1. The van der Waals surface area contributed by atoms with Gasteiger partial charge in [-0.2, -0.15) is 0 Å². The largest absolute Gasteiger partial charge is 0.462 e.